The zero-order chi connectivity index (χ0) is 16.5. The number of benzene rings is 1. The van der Waals surface area contributed by atoms with Crippen LogP contribution >= 0.6 is 0 Å². The van der Waals surface area contributed by atoms with Crippen molar-refractivity contribution in [3.63, 3.8) is 0 Å². The molecule has 2 aliphatic rings. The molecule has 1 aliphatic heterocycles. The minimum Gasteiger partial charge on any atom is -0.488 e. The van der Waals surface area contributed by atoms with Gasteiger partial charge in [-0.05, 0) is 36.8 Å². The lowest BCUT2D eigenvalue weighted by molar-refractivity contribution is 0.0571. The first-order valence-electron chi connectivity index (χ1n) is 8.12. The summed E-state index contributed by atoms with van der Waals surface area (Å²) < 4.78 is 6.04. The molecule has 0 spiro atoms. The van der Waals surface area contributed by atoms with Crippen LogP contribution < -0.4 is 4.74 Å². The van der Waals surface area contributed by atoms with Crippen LogP contribution in [-0.2, 0) is 0 Å². The number of hydrogen-bond donors (Lipinski definition) is 0. The van der Waals surface area contributed by atoms with Gasteiger partial charge in [0.1, 0.15) is 11.9 Å². The fourth-order valence-corrected chi connectivity index (χ4v) is 3.78. The lowest BCUT2D eigenvalue weighted by atomic mass is 10.0. The van der Waals surface area contributed by atoms with Gasteiger partial charge >= 0.3 is 0 Å². The second-order valence-corrected chi connectivity index (χ2v) is 6.38. The number of carbonyl (C=O) groups excluding carboxylic acids is 1. The molecule has 2 heterocycles. The molecule has 1 saturated carbocycles. The molecule has 1 amide bonds. The molecule has 0 N–H and O–H groups in total. The van der Waals surface area contributed by atoms with Crippen LogP contribution in [0.1, 0.15) is 28.8 Å². The monoisotopic (exact) mass is 319 g/mol. The number of rotatable bonds is 3. The van der Waals surface area contributed by atoms with Crippen LogP contribution in [0.4, 0.5) is 0 Å². The summed E-state index contributed by atoms with van der Waals surface area (Å²) in [5, 5.41) is 8.99. The number of aromatic nitrogens is 1. The van der Waals surface area contributed by atoms with Crippen molar-refractivity contribution in [3.05, 3.63) is 59.9 Å². The van der Waals surface area contributed by atoms with Crippen LogP contribution in [0.2, 0.25) is 0 Å². The molecule has 0 radical (unpaired) electrons. The van der Waals surface area contributed by atoms with Crippen molar-refractivity contribution in [1.29, 1.82) is 5.26 Å². The van der Waals surface area contributed by atoms with Crippen molar-refractivity contribution < 1.29 is 9.53 Å². The number of pyridine rings is 1. The Kier molecular flexibility index (Phi) is 3.66. The van der Waals surface area contributed by atoms with Crippen LogP contribution in [0.3, 0.4) is 0 Å². The molecule has 3 atom stereocenters. The average Bonchev–Trinajstić information content (AvgIpc) is 3.22. The number of amides is 1. The highest BCUT2D eigenvalue weighted by molar-refractivity contribution is 5.95. The van der Waals surface area contributed by atoms with Gasteiger partial charge in [0.2, 0.25) is 0 Å². The smallest absolute Gasteiger partial charge is 0.254 e. The van der Waals surface area contributed by atoms with E-state index in [-0.39, 0.29) is 18.1 Å². The van der Waals surface area contributed by atoms with Crippen molar-refractivity contribution >= 4 is 5.91 Å². The summed E-state index contributed by atoms with van der Waals surface area (Å²) in [4.78, 5) is 18.7. The van der Waals surface area contributed by atoms with Gasteiger partial charge in [-0.25, -0.2) is 0 Å². The first kappa shape index (κ1) is 14.7. The molecule has 2 bridgehead atoms. The Morgan fingerprint density at radius 3 is 2.92 bits per heavy atom. The summed E-state index contributed by atoms with van der Waals surface area (Å²) >= 11 is 0. The summed E-state index contributed by atoms with van der Waals surface area (Å²) in [5.74, 6) is 1.16. The van der Waals surface area contributed by atoms with Crippen molar-refractivity contribution in [2.24, 2.45) is 5.92 Å². The van der Waals surface area contributed by atoms with Crippen LogP contribution in [0.15, 0.2) is 48.8 Å². The Hall–Kier alpha value is -2.87. The number of fused-ring (bicyclic) bond motifs is 2. The number of nitriles is 1. The molecule has 4 rings (SSSR count). The first-order valence-corrected chi connectivity index (χ1v) is 8.12. The lowest BCUT2D eigenvalue weighted by Crippen LogP contribution is -2.43. The molecule has 1 aromatic heterocycles. The third-order valence-corrected chi connectivity index (χ3v) is 4.90. The van der Waals surface area contributed by atoms with Crippen LogP contribution in [0, 0.1) is 17.2 Å². The minimum absolute atomic E-state index is 0.0134. The standard InChI is InChI=1S/C19H17N3O2/c20-10-13-3-1-4-14(7-13)19(23)22-12-15-8-16(22)9-18(15)24-17-5-2-6-21-11-17/h1-7,11,15-16,18H,8-9,12H2/t15-,16+,18-/m1/s1. The van der Waals surface area contributed by atoms with E-state index < -0.39 is 0 Å². The van der Waals surface area contributed by atoms with E-state index in [0.717, 1.165) is 18.6 Å². The van der Waals surface area contributed by atoms with E-state index in [1.54, 1.807) is 36.7 Å². The molecular formula is C19H17N3O2. The Labute approximate surface area is 140 Å². The number of nitrogens with zero attached hydrogens (tertiary/aromatic N) is 3. The SMILES string of the molecule is N#Cc1cccc(C(=O)N2C[C@H]3C[C@H]2C[C@H]3Oc2cccnc2)c1. The molecule has 120 valence electrons. The molecule has 2 fully saturated rings. The topological polar surface area (TPSA) is 66.2 Å². The van der Waals surface area contributed by atoms with Crippen LogP contribution in [0.25, 0.3) is 0 Å². The maximum Gasteiger partial charge on any atom is 0.254 e. The molecule has 0 unspecified atom stereocenters. The zero-order valence-corrected chi connectivity index (χ0v) is 13.1. The third-order valence-electron chi connectivity index (χ3n) is 4.90. The Balaban J connectivity index is 1.44. The van der Waals surface area contributed by atoms with Gasteiger partial charge < -0.3 is 9.64 Å². The van der Waals surface area contributed by atoms with Gasteiger partial charge in [-0.15, -0.1) is 0 Å². The molecule has 5 nitrogen and oxygen atoms in total. The number of likely N-dealkylation sites (tertiary alicyclic amines) is 1. The van der Waals surface area contributed by atoms with Gasteiger partial charge in [0.05, 0.1) is 17.8 Å². The average molecular weight is 319 g/mol. The number of ether oxygens (including phenoxy) is 1. The van der Waals surface area contributed by atoms with E-state index in [2.05, 4.69) is 11.1 Å². The maximum absolute atomic E-state index is 12.7. The van der Waals surface area contributed by atoms with Crippen molar-refractivity contribution in [2.45, 2.75) is 25.0 Å². The number of hydrogen-bond acceptors (Lipinski definition) is 4. The van der Waals surface area contributed by atoms with E-state index >= 15 is 0 Å². The number of carbonyl (C=O) groups is 1. The first-order chi connectivity index (χ1) is 11.7. The summed E-state index contributed by atoms with van der Waals surface area (Å²) in [6.45, 7) is 0.714. The van der Waals surface area contributed by atoms with Gasteiger partial charge in [-0.3, -0.25) is 9.78 Å². The highest BCUT2D eigenvalue weighted by Crippen LogP contribution is 2.40. The van der Waals surface area contributed by atoms with Gasteiger partial charge in [0.15, 0.2) is 0 Å². The van der Waals surface area contributed by atoms with Gasteiger partial charge in [0.25, 0.3) is 5.91 Å². The van der Waals surface area contributed by atoms with E-state index in [4.69, 9.17) is 10.00 Å². The molecule has 2 aromatic rings. The molecule has 1 aromatic carbocycles. The van der Waals surface area contributed by atoms with Gasteiger partial charge in [-0.1, -0.05) is 6.07 Å². The van der Waals surface area contributed by atoms with Crippen molar-refractivity contribution in [2.75, 3.05) is 6.54 Å². The molecule has 24 heavy (non-hydrogen) atoms. The second kappa shape index (κ2) is 5.97. The summed E-state index contributed by atoms with van der Waals surface area (Å²) in [7, 11) is 0. The predicted octanol–water partition coefficient (Wildman–Crippen LogP) is 2.64. The van der Waals surface area contributed by atoms with E-state index in [9.17, 15) is 4.79 Å². The Bertz CT molecular complexity index is 800. The normalized spacial score (nSPS) is 24.6. The lowest BCUT2D eigenvalue weighted by Gasteiger charge is -2.31. The Morgan fingerprint density at radius 1 is 1.29 bits per heavy atom. The van der Waals surface area contributed by atoms with E-state index in [0.29, 0.717) is 23.6 Å². The largest absolute Gasteiger partial charge is 0.488 e. The minimum atomic E-state index is 0.0134. The fraction of sp³-hybridized carbons (Fsp3) is 0.316. The fourth-order valence-electron chi connectivity index (χ4n) is 3.78. The van der Waals surface area contributed by atoms with Crippen LogP contribution in [0.5, 0.6) is 5.75 Å². The molecule has 5 heteroatoms. The Morgan fingerprint density at radius 2 is 2.21 bits per heavy atom. The summed E-state index contributed by atoms with van der Waals surface area (Å²) in [5.41, 5.74) is 1.11. The third kappa shape index (κ3) is 2.61. The highest BCUT2D eigenvalue weighted by Gasteiger charge is 2.47. The summed E-state index contributed by atoms with van der Waals surface area (Å²) in [6.07, 6.45) is 5.43. The molecule has 1 saturated heterocycles. The van der Waals surface area contributed by atoms with Crippen molar-refractivity contribution in [1.82, 2.24) is 9.88 Å². The van der Waals surface area contributed by atoms with E-state index in [1.807, 2.05) is 17.0 Å². The quantitative estimate of drug-likeness (QED) is 0.872. The molecular weight excluding hydrogens is 302 g/mol. The maximum atomic E-state index is 12.7. The van der Waals surface area contributed by atoms with Gasteiger partial charge in [0, 0.05) is 36.7 Å². The van der Waals surface area contributed by atoms with E-state index in [1.165, 1.54) is 0 Å². The summed E-state index contributed by atoms with van der Waals surface area (Å²) in [6, 6.07) is 13.0. The second-order valence-electron chi connectivity index (χ2n) is 6.38. The predicted molar refractivity (Wildman–Crippen MR) is 87.4 cm³/mol. The van der Waals surface area contributed by atoms with Crippen LogP contribution in [-0.4, -0.2) is 34.5 Å². The van der Waals surface area contributed by atoms with Crippen molar-refractivity contribution in [3.8, 4) is 11.8 Å². The molecule has 1 aliphatic carbocycles. The number of piperidine rings is 1. The zero-order valence-electron chi connectivity index (χ0n) is 13.1. The highest BCUT2D eigenvalue weighted by atomic mass is 16.5. The van der Waals surface area contributed by atoms with Gasteiger partial charge in [-0.2, -0.15) is 5.26 Å².